The number of likely N-dealkylation sites (tertiary alicyclic amines) is 1. The number of aromatic nitrogens is 6. The third-order valence-electron chi connectivity index (χ3n) is 12.0. The van der Waals surface area contributed by atoms with Gasteiger partial charge in [0.05, 0.1) is 25.3 Å². The van der Waals surface area contributed by atoms with Gasteiger partial charge in [0.25, 0.3) is 5.91 Å². The van der Waals surface area contributed by atoms with E-state index in [4.69, 9.17) is 29.0 Å². The van der Waals surface area contributed by atoms with Crippen molar-refractivity contribution in [1.29, 1.82) is 0 Å². The lowest BCUT2D eigenvalue weighted by Crippen LogP contribution is -2.21. The summed E-state index contributed by atoms with van der Waals surface area (Å²) in [7, 11) is 0. The van der Waals surface area contributed by atoms with Crippen LogP contribution in [0.4, 0.5) is 11.4 Å². The van der Waals surface area contributed by atoms with Crippen LogP contribution in [-0.4, -0.2) is 106 Å². The van der Waals surface area contributed by atoms with Gasteiger partial charge in [-0.05, 0) is 127 Å². The van der Waals surface area contributed by atoms with E-state index in [0.717, 1.165) is 79.3 Å². The summed E-state index contributed by atoms with van der Waals surface area (Å²) in [6, 6.07) is 15.2. The number of hydrogen-bond acceptors (Lipinski definition) is 14. The molecule has 16 nitrogen and oxygen atoms in total. The number of nitrogens with two attached hydrogens (primary N) is 1. The molecule has 4 aromatic heterocycles. The Morgan fingerprint density at radius 1 is 0.817 bits per heavy atom. The van der Waals surface area contributed by atoms with Crippen molar-refractivity contribution in [3.8, 4) is 28.5 Å². The first-order valence-corrected chi connectivity index (χ1v) is 25.8. The zero-order valence-corrected chi connectivity index (χ0v) is 43.1. The summed E-state index contributed by atoms with van der Waals surface area (Å²) in [6.45, 7) is 23.5. The Hall–Kier alpha value is -5.68. The van der Waals surface area contributed by atoms with Crippen LogP contribution in [0.5, 0.6) is 5.75 Å². The van der Waals surface area contributed by atoms with Crippen LogP contribution < -0.4 is 21.1 Å². The number of amides is 1. The lowest BCUT2D eigenvalue weighted by Gasteiger charge is -2.14. The Bertz CT molecular complexity index is 2370. The second kappa shape index (κ2) is 32.3. The van der Waals surface area contributed by atoms with Crippen LogP contribution in [-0.2, 0) is 15.9 Å². The molecule has 4 aliphatic rings. The maximum atomic E-state index is 13.1. The number of carbonyl (C=O) groups excluding carboxylic acids is 1. The second-order valence-corrected chi connectivity index (χ2v) is 17.7. The topological polar surface area (TPSA) is 193 Å². The number of imidazole rings is 1. The molecule has 0 spiro atoms. The molecule has 0 saturated carbocycles. The molecule has 4 N–H and O–H groups in total. The summed E-state index contributed by atoms with van der Waals surface area (Å²) in [5.41, 5.74) is 12.0. The minimum absolute atomic E-state index is 0. The number of anilines is 2. The maximum absolute atomic E-state index is 13.1. The number of fused-ring (bicyclic) bond motifs is 1. The first-order valence-electron chi connectivity index (χ1n) is 25.8. The lowest BCUT2D eigenvalue weighted by atomic mass is 10.1. The molecule has 1 atom stereocenters. The Morgan fingerprint density at radius 2 is 1.51 bits per heavy atom. The fourth-order valence-corrected chi connectivity index (χ4v) is 7.93. The highest BCUT2D eigenvalue weighted by Crippen LogP contribution is 2.26. The molecule has 390 valence electrons. The van der Waals surface area contributed by atoms with Crippen LogP contribution in [0.2, 0.25) is 0 Å². The van der Waals surface area contributed by atoms with Crippen molar-refractivity contribution >= 4 is 22.9 Å². The summed E-state index contributed by atoms with van der Waals surface area (Å²) < 4.78 is 28.5. The minimum atomic E-state index is -0.253. The van der Waals surface area contributed by atoms with Gasteiger partial charge in [-0.1, -0.05) is 89.0 Å². The van der Waals surface area contributed by atoms with Gasteiger partial charge in [0, 0.05) is 68.1 Å². The average Bonchev–Trinajstić information content (AvgIpc) is 4.23. The molecule has 4 saturated heterocycles. The largest absolute Gasteiger partial charge is 0.493 e. The van der Waals surface area contributed by atoms with Crippen LogP contribution in [0, 0.1) is 20.8 Å². The van der Waals surface area contributed by atoms with Gasteiger partial charge in [-0.15, -0.1) is 0 Å². The number of nitrogens with zero attached hydrogens (tertiary/aromatic N) is 7. The molecule has 0 radical (unpaired) electrons. The Labute approximate surface area is 423 Å². The highest BCUT2D eigenvalue weighted by Gasteiger charge is 2.20. The van der Waals surface area contributed by atoms with Gasteiger partial charge in [-0.2, -0.15) is 9.97 Å². The van der Waals surface area contributed by atoms with Crippen LogP contribution in [0.15, 0.2) is 70.0 Å². The molecule has 1 unspecified atom stereocenters. The number of unbranched alkanes of at least 4 members (excludes halogenated alkanes) is 2. The monoisotopic (exact) mass is 981 g/mol. The van der Waals surface area contributed by atoms with E-state index in [1.165, 1.54) is 84.0 Å². The standard InChI is InChI=1S/C25H28N6O3.C14H17N3O2.C5H12.C4H9N.C4H8O.C2H6.CH4/c1-17-6-7-19(24-27-18(2)34-29-24)14-21(17)28-25(32)22-16-26-23-15-20(8-12-31(22)23)33-13-5-11-30-9-3-4-10-30;1-9-4-5-10(7-12(9)15)14-16-13(19-17-14)8-11-3-2-6-18-11;1-3-5-4-2;2*1-2-4-5-3-1;1-2;/h6-8,12,14-16H,3-5,9-11,13H2,1-2H3,(H,28,32);4-5,7,11H,2-3,6,8,15H2,1H3;3-5H2,1-2H3;5H,1-4H2;1-4H2;1-2H3;1H4. The number of carbonyl (C=O) groups is 1. The summed E-state index contributed by atoms with van der Waals surface area (Å²) in [6.07, 6.45) is 19.5. The molecular formula is C55H84N10O6. The Balaban J connectivity index is 0.000000245. The van der Waals surface area contributed by atoms with Crippen molar-refractivity contribution in [2.45, 2.75) is 145 Å². The van der Waals surface area contributed by atoms with Crippen molar-refractivity contribution in [2.75, 3.05) is 70.2 Å². The number of benzene rings is 2. The molecule has 10 rings (SSSR count). The molecule has 0 bridgehead atoms. The van der Waals surface area contributed by atoms with Crippen molar-refractivity contribution < 1.29 is 28.1 Å². The van der Waals surface area contributed by atoms with Gasteiger partial charge in [0.15, 0.2) is 0 Å². The van der Waals surface area contributed by atoms with Gasteiger partial charge in [-0.3, -0.25) is 9.20 Å². The SMILES string of the molecule is C.C1CCNC1.C1CCOC1.CC.CCCCC.Cc1ccc(-c2noc(CC3CCCO3)n2)cc1N.Cc1nc(-c2ccc(C)c(NC(=O)c3cnc4cc(OCCCN5CCCC5)ccn34)c2)no1. The predicted molar refractivity (Wildman–Crippen MR) is 285 cm³/mol. The van der Waals surface area contributed by atoms with Crippen LogP contribution in [0.25, 0.3) is 28.4 Å². The van der Waals surface area contributed by atoms with E-state index in [9.17, 15) is 4.79 Å². The highest BCUT2D eigenvalue weighted by atomic mass is 16.5. The van der Waals surface area contributed by atoms with E-state index in [0.29, 0.717) is 53.5 Å². The molecule has 4 aliphatic heterocycles. The predicted octanol–water partition coefficient (Wildman–Crippen LogP) is 11.5. The van der Waals surface area contributed by atoms with Crippen LogP contribution in [0.1, 0.15) is 146 Å². The van der Waals surface area contributed by atoms with E-state index < -0.39 is 0 Å². The van der Waals surface area contributed by atoms with Crippen molar-refractivity contribution in [1.82, 2.24) is 39.9 Å². The normalized spacial score (nSPS) is 15.8. The van der Waals surface area contributed by atoms with Crippen molar-refractivity contribution in [2.24, 2.45) is 0 Å². The Kier molecular flexibility index (Phi) is 26.4. The number of pyridine rings is 1. The van der Waals surface area contributed by atoms with E-state index >= 15 is 0 Å². The van der Waals surface area contributed by atoms with Gasteiger partial charge in [0.2, 0.25) is 23.4 Å². The van der Waals surface area contributed by atoms with E-state index in [1.807, 2.05) is 82.4 Å². The third kappa shape index (κ3) is 19.5. The van der Waals surface area contributed by atoms with Crippen LogP contribution in [0.3, 0.4) is 0 Å². The summed E-state index contributed by atoms with van der Waals surface area (Å²) in [5.74, 6) is 2.68. The Morgan fingerprint density at radius 3 is 2.10 bits per heavy atom. The third-order valence-corrected chi connectivity index (χ3v) is 12.0. The number of nitrogen functional groups attached to an aromatic ring is 1. The van der Waals surface area contributed by atoms with Crippen molar-refractivity contribution in [3.05, 3.63) is 89.5 Å². The molecule has 4 fully saturated rings. The number of rotatable bonds is 13. The number of ether oxygens (including phenoxy) is 3. The highest BCUT2D eigenvalue weighted by molar-refractivity contribution is 6.04. The van der Waals surface area contributed by atoms with Gasteiger partial charge < -0.3 is 44.5 Å². The molecule has 2 aromatic carbocycles. The average molecular weight is 981 g/mol. The quantitative estimate of drug-likeness (QED) is 0.0731. The molecule has 6 aromatic rings. The minimum Gasteiger partial charge on any atom is -0.493 e. The molecule has 71 heavy (non-hydrogen) atoms. The number of nitrogens with one attached hydrogen (secondary N) is 2. The van der Waals surface area contributed by atoms with E-state index in [-0.39, 0.29) is 19.4 Å². The maximum Gasteiger partial charge on any atom is 0.274 e. The van der Waals surface area contributed by atoms with E-state index in [1.54, 1.807) is 17.5 Å². The first kappa shape index (κ1) is 57.9. The van der Waals surface area contributed by atoms with Crippen LogP contribution >= 0.6 is 0 Å². The summed E-state index contributed by atoms with van der Waals surface area (Å²) >= 11 is 0. The van der Waals surface area contributed by atoms with Gasteiger partial charge in [0.1, 0.15) is 17.1 Å². The van der Waals surface area contributed by atoms with Gasteiger partial charge >= 0.3 is 0 Å². The first-order chi connectivity index (χ1) is 34.2. The second-order valence-electron chi connectivity index (χ2n) is 17.7. The molecule has 16 heteroatoms. The van der Waals surface area contributed by atoms with E-state index in [2.05, 4.69) is 54.6 Å². The van der Waals surface area contributed by atoms with Crippen molar-refractivity contribution in [3.63, 3.8) is 0 Å². The summed E-state index contributed by atoms with van der Waals surface area (Å²) in [4.78, 5) is 28.6. The molecular weight excluding hydrogens is 897 g/mol. The van der Waals surface area contributed by atoms with Gasteiger partial charge in [-0.25, -0.2) is 4.98 Å². The molecule has 8 heterocycles. The fourth-order valence-electron chi connectivity index (χ4n) is 7.93. The fraction of sp³-hybridized carbons (Fsp3) is 0.564. The molecule has 0 aliphatic carbocycles. The lowest BCUT2D eigenvalue weighted by molar-refractivity contribution is 0.102. The number of aryl methyl sites for hydroxylation is 3. The zero-order valence-electron chi connectivity index (χ0n) is 43.1. The molecule has 1 amide bonds. The zero-order chi connectivity index (χ0) is 49.9. The smallest absolute Gasteiger partial charge is 0.274 e. The summed E-state index contributed by atoms with van der Waals surface area (Å²) in [5, 5.41) is 14.2. The number of hydrogen-bond donors (Lipinski definition) is 3.